The van der Waals surface area contributed by atoms with Crippen LogP contribution in [0.1, 0.15) is 39.5 Å². The third kappa shape index (κ3) is 4.26. The van der Waals surface area contributed by atoms with E-state index in [9.17, 15) is 5.11 Å². The maximum absolute atomic E-state index is 9.58. The molecule has 2 fully saturated rings. The van der Waals surface area contributed by atoms with Gasteiger partial charge in [0, 0.05) is 25.7 Å². The molecule has 5 heteroatoms. The molecule has 0 amide bonds. The number of aliphatic imine (C=N–C) groups is 1. The SMILES string of the molecule is CCCC1CC1NC(=NCC)N1CC[C@@H](O)C1.I. The van der Waals surface area contributed by atoms with Gasteiger partial charge in [0.15, 0.2) is 5.96 Å². The van der Waals surface area contributed by atoms with Crippen molar-refractivity contribution < 1.29 is 5.11 Å². The van der Waals surface area contributed by atoms with Crippen molar-refractivity contribution in [1.82, 2.24) is 10.2 Å². The highest BCUT2D eigenvalue weighted by Gasteiger charge is 2.38. The summed E-state index contributed by atoms with van der Waals surface area (Å²) in [5.41, 5.74) is 0. The van der Waals surface area contributed by atoms with E-state index in [1.165, 1.54) is 19.3 Å². The normalized spacial score (nSPS) is 31.2. The Balaban J connectivity index is 0.00000162. The number of nitrogens with one attached hydrogen (secondary N) is 1. The lowest BCUT2D eigenvalue weighted by molar-refractivity contribution is 0.187. The molecule has 0 bridgehead atoms. The van der Waals surface area contributed by atoms with E-state index in [4.69, 9.17) is 0 Å². The summed E-state index contributed by atoms with van der Waals surface area (Å²) in [5.74, 6) is 1.85. The van der Waals surface area contributed by atoms with Crippen LogP contribution < -0.4 is 5.32 Å². The maximum atomic E-state index is 9.58. The van der Waals surface area contributed by atoms with Crippen molar-refractivity contribution in [2.24, 2.45) is 10.9 Å². The Morgan fingerprint density at radius 2 is 2.22 bits per heavy atom. The highest BCUT2D eigenvalue weighted by molar-refractivity contribution is 14.0. The zero-order valence-corrected chi connectivity index (χ0v) is 13.8. The van der Waals surface area contributed by atoms with E-state index in [0.717, 1.165) is 37.9 Å². The number of hydrogen-bond donors (Lipinski definition) is 2. The monoisotopic (exact) mass is 367 g/mol. The first-order valence-corrected chi connectivity index (χ1v) is 6.98. The van der Waals surface area contributed by atoms with Gasteiger partial charge in [-0.15, -0.1) is 24.0 Å². The molecule has 1 aliphatic carbocycles. The molecule has 2 N–H and O–H groups in total. The van der Waals surface area contributed by atoms with Gasteiger partial charge in [0.2, 0.25) is 0 Å². The molecular weight excluding hydrogens is 341 g/mol. The van der Waals surface area contributed by atoms with Crippen LogP contribution >= 0.6 is 24.0 Å². The second-order valence-corrected chi connectivity index (χ2v) is 5.22. The van der Waals surface area contributed by atoms with Crippen molar-refractivity contribution in [3.05, 3.63) is 0 Å². The van der Waals surface area contributed by atoms with Crippen molar-refractivity contribution in [3.8, 4) is 0 Å². The second-order valence-electron chi connectivity index (χ2n) is 5.22. The first kappa shape index (κ1) is 16.0. The van der Waals surface area contributed by atoms with Crippen LogP contribution in [0.3, 0.4) is 0 Å². The lowest BCUT2D eigenvalue weighted by Crippen LogP contribution is -2.42. The summed E-state index contributed by atoms with van der Waals surface area (Å²) in [7, 11) is 0. The van der Waals surface area contributed by atoms with E-state index in [1.807, 2.05) is 0 Å². The molecule has 2 aliphatic rings. The number of β-amino-alcohol motifs (C(OH)–C–C–N with tert-alkyl or cyclic N) is 1. The smallest absolute Gasteiger partial charge is 0.194 e. The molecule has 0 aromatic carbocycles. The van der Waals surface area contributed by atoms with Crippen molar-refractivity contribution in [2.75, 3.05) is 19.6 Å². The quantitative estimate of drug-likeness (QED) is 0.453. The van der Waals surface area contributed by atoms with Gasteiger partial charge in [0.05, 0.1) is 6.10 Å². The highest BCUT2D eigenvalue weighted by Crippen LogP contribution is 2.34. The third-order valence-corrected chi connectivity index (χ3v) is 3.67. The summed E-state index contributed by atoms with van der Waals surface area (Å²) in [6.07, 6.45) is 4.57. The van der Waals surface area contributed by atoms with Gasteiger partial charge in [-0.05, 0) is 32.1 Å². The summed E-state index contributed by atoms with van der Waals surface area (Å²) in [5, 5.41) is 13.1. The highest BCUT2D eigenvalue weighted by atomic mass is 127. The molecule has 4 nitrogen and oxygen atoms in total. The number of halogens is 1. The van der Waals surface area contributed by atoms with Crippen LogP contribution in [0, 0.1) is 5.92 Å². The number of aliphatic hydroxyl groups is 1. The van der Waals surface area contributed by atoms with Crippen LogP contribution in [0.5, 0.6) is 0 Å². The van der Waals surface area contributed by atoms with E-state index < -0.39 is 0 Å². The summed E-state index contributed by atoms with van der Waals surface area (Å²) in [6.45, 7) is 6.77. The Kier molecular flexibility index (Phi) is 6.70. The fraction of sp³-hybridized carbons (Fsp3) is 0.923. The summed E-state index contributed by atoms with van der Waals surface area (Å²) < 4.78 is 0. The van der Waals surface area contributed by atoms with Crippen molar-refractivity contribution >= 4 is 29.9 Å². The molecule has 18 heavy (non-hydrogen) atoms. The molecule has 2 unspecified atom stereocenters. The molecule has 1 saturated heterocycles. The number of aliphatic hydroxyl groups excluding tert-OH is 1. The molecule has 0 radical (unpaired) electrons. The predicted molar refractivity (Wildman–Crippen MR) is 85.5 cm³/mol. The molecule has 1 heterocycles. The molecule has 3 atom stereocenters. The number of nitrogens with zero attached hydrogens (tertiary/aromatic N) is 2. The topological polar surface area (TPSA) is 47.9 Å². The summed E-state index contributed by atoms with van der Waals surface area (Å²) in [6, 6.07) is 0.623. The van der Waals surface area contributed by atoms with Gasteiger partial charge >= 0.3 is 0 Å². The Labute approximate surface area is 127 Å². The lowest BCUT2D eigenvalue weighted by Gasteiger charge is -2.21. The maximum Gasteiger partial charge on any atom is 0.194 e. The van der Waals surface area contributed by atoms with E-state index in [0.29, 0.717) is 6.04 Å². The van der Waals surface area contributed by atoms with Gasteiger partial charge < -0.3 is 15.3 Å². The average Bonchev–Trinajstić information content (AvgIpc) is 2.87. The molecule has 2 rings (SSSR count). The minimum atomic E-state index is -0.176. The van der Waals surface area contributed by atoms with Gasteiger partial charge in [-0.1, -0.05) is 13.3 Å². The molecule has 106 valence electrons. The van der Waals surface area contributed by atoms with Crippen LogP contribution in [0.15, 0.2) is 4.99 Å². The molecule has 0 aromatic heterocycles. The fourth-order valence-corrected chi connectivity index (χ4v) is 2.60. The van der Waals surface area contributed by atoms with Gasteiger partial charge in [-0.3, -0.25) is 4.99 Å². The first-order chi connectivity index (χ1) is 8.24. The number of hydrogen-bond acceptors (Lipinski definition) is 2. The lowest BCUT2D eigenvalue weighted by atomic mass is 10.2. The molecule has 0 spiro atoms. The largest absolute Gasteiger partial charge is 0.391 e. The second kappa shape index (κ2) is 7.53. The Morgan fingerprint density at radius 1 is 1.44 bits per heavy atom. The van der Waals surface area contributed by atoms with Gasteiger partial charge in [0.25, 0.3) is 0 Å². The van der Waals surface area contributed by atoms with E-state index in [1.54, 1.807) is 0 Å². The Morgan fingerprint density at radius 3 is 2.78 bits per heavy atom. The molecular formula is C13H26IN3O. The minimum absolute atomic E-state index is 0. The van der Waals surface area contributed by atoms with Gasteiger partial charge in [0.1, 0.15) is 0 Å². The number of likely N-dealkylation sites (tertiary alicyclic amines) is 1. The van der Waals surface area contributed by atoms with Crippen LogP contribution in [-0.2, 0) is 0 Å². The molecule has 1 saturated carbocycles. The van der Waals surface area contributed by atoms with Crippen LogP contribution in [-0.4, -0.2) is 47.7 Å². The van der Waals surface area contributed by atoms with Crippen molar-refractivity contribution in [2.45, 2.75) is 51.7 Å². The van der Waals surface area contributed by atoms with Crippen molar-refractivity contribution in [3.63, 3.8) is 0 Å². The Hall–Kier alpha value is -0.0400. The molecule has 0 aromatic rings. The van der Waals surface area contributed by atoms with Gasteiger partial charge in [-0.2, -0.15) is 0 Å². The van der Waals surface area contributed by atoms with E-state index >= 15 is 0 Å². The van der Waals surface area contributed by atoms with Crippen LogP contribution in [0.25, 0.3) is 0 Å². The summed E-state index contributed by atoms with van der Waals surface area (Å²) >= 11 is 0. The Bertz CT molecular complexity index is 285. The third-order valence-electron chi connectivity index (χ3n) is 3.67. The van der Waals surface area contributed by atoms with Gasteiger partial charge in [-0.25, -0.2) is 0 Å². The first-order valence-electron chi connectivity index (χ1n) is 6.98. The minimum Gasteiger partial charge on any atom is -0.391 e. The van der Waals surface area contributed by atoms with Crippen LogP contribution in [0.4, 0.5) is 0 Å². The predicted octanol–water partition coefficient (Wildman–Crippen LogP) is 1.83. The summed E-state index contributed by atoms with van der Waals surface area (Å²) in [4.78, 5) is 6.73. The zero-order chi connectivity index (χ0) is 12.3. The fourth-order valence-electron chi connectivity index (χ4n) is 2.60. The molecule has 1 aliphatic heterocycles. The van der Waals surface area contributed by atoms with Crippen molar-refractivity contribution in [1.29, 1.82) is 0 Å². The standard InChI is InChI=1S/C13H25N3O.HI/c1-3-5-10-8-12(10)15-13(14-4-2)16-7-6-11(17)9-16;/h10-12,17H,3-9H2,1-2H3,(H,14,15);1H/t10?,11-,12?;/m1./s1. The number of rotatable bonds is 4. The zero-order valence-electron chi connectivity index (χ0n) is 11.4. The van der Waals surface area contributed by atoms with E-state index in [-0.39, 0.29) is 30.1 Å². The van der Waals surface area contributed by atoms with E-state index in [2.05, 4.69) is 29.1 Å². The average molecular weight is 367 g/mol. The number of guanidine groups is 1. The van der Waals surface area contributed by atoms with Crippen LogP contribution in [0.2, 0.25) is 0 Å².